The van der Waals surface area contributed by atoms with Crippen molar-refractivity contribution in [2.75, 3.05) is 13.1 Å². The number of hydrogen-bond acceptors (Lipinski definition) is 4. The van der Waals surface area contributed by atoms with Gasteiger partial charge in [-0.25, -0.2) is 8.42 Å². The van der Waals surface area contributed by atoms with E-state index in [-0.39, 0.29) is 29.4 Å². The summed E-state index contributed by atoms with van der Waals surface area (Å²) in [7, 11) is -3.73. The van der Waals surface area contributed by atoms with Crippen molar-refractivity contribution in [3.63, 3.8) is 0 Å². The Bertz CT molecular complexity index is 1220. The second kappa shape index (κ2) is 8.46. The van der Waals surface area contributed by atoms with E-state index >= 15 is 0 Å². The molecule has 0 N–H and O–H groups in total. The van der Waals surface area contributed by atoms with Crippen molar-refractivity contribution in [3.8, 4) is 0 Å². The molecule has 1 fully saturated rings. The molecule has 32 heavy (non-hydrogen) atoms. The average molecular weight is 467 g/mol. The molecule has 0 spiro atoms. The fraction of sp³-hybridized carbons (Fsp3) is 0.320. The predicted molar refractivity (Wildman–Crippen MR) is 126 cm³/mol. The highest BCUT2D eigenvalue weighted by molar-refractivity contribution is 7.89. The van der Waals surface area contributed by atoms with Gasteiger partial charge in [-0.2, -0.15) is 4.31 Å². The van der Waals surface area contributed by atoms with Gasteiger partial charge in [0, 0.05) is 17.5 Å². The van der Waals surface area contributed by atoms with Crippen molar-refractivity contribution in [2.24, 2.45) is 0 Å². The fourth-order valence-electron chi connectivity index (χ4n) is 4.42. The van der Waals surface area contributed by atoms with Crippen LogP contribution in [0.2, 0.25) is 0 Å². The summed E-state index contributed by atoms with van der Waals surface area (Å²) in [4.78, 5) is 17.0. The second-order valence-electron chi connectivity index (χ2n) is 8.54. The van der Waals surface area contributed by atoms with Gasteiger partial charge in [-0.3, -0.25) is 4.79 Å². The summed E-state index contributed by atoms with van der Waals surface area (Å²) < 4.78 is 28.2. The molecule has 1 aliphatic heterocycles. The smallest absolute Gasteiger partial charge is 0.243 e. The van der Waals surface area contributed by atoms with Gasteiger partial charge in [-0.05, 0) is 60.9 Å². The van der Waals surface area contributed by atoms with E-state index in [0.29, 0.717) is 6.54 Å². The van der Waals surface area contributed by atoms with Gasteiger partial charge in [0.2, 0.25) is 15.9 Å². The quantitative estimate of drug-likeness (QED) is 0.542. The summed E-state index contributed by atoms with van der Waals surface area (Å²) in [5, 5.41) is 2.08. The maximum atomic E-state index is 13.6. The molecule has 0 saturated heterocycles. The SMILES string of the molecule is Cc1ccc(S(=O)(=O)N(CC(=O)N2CCc3sccc3C2c2ccccc2)C2CC2)cc1. The summed E-state index contributed by atoms with van der Waals surface area (Å²) in [6.07, 6.45) is 2.40. The zero-order chi connectivity index (χ0) is 22.3. The first-order valence-corrected chi connectivity index (χ1v) is 13.3. The predicted octanol–water partition coefficient (Wildman–Crippen LogP) is 4.38. The molecule has 166 valence electrons. The molecule has 1 unspecified atom stereocenters. The molecule has 2 aliphatic rings. The Kier molecular flexibility index (Phi) is 5.65. The summed E-state index contributed by atoms with van der Waals surface area (Å²) in [5.41, 5.74) is 3.21. The maximum absolute atomic E-state index is 13.6. The number of sulfonamides is 1. The van der Waals surface area contributed by atoms with Crippen LogP contribution in [0.15, 0.2) is 70.9 Å². The Labute approximate surface area is 193 Å². The highest BCUT2D eigenvalue weighted by Gasteiger charge is 2.41. The maximum Gasteiger partial charge on any atom is 0.243 e. The van der Waals surface area contributed by atoms with Gasteiger partial charge in [0.1, 0.15) is 0 Å². The Morgan fingerprint density at radius 1 is 1.06 bits per heavy atom. The first-order chi connectivity index (χ1) is 15.4. The number of nitrogens with zero attached hydrogens (tertiary/aromatic N) is 2. The lowest BCUT2D eigenvalue weighted by atomic mass is 9.93. The number of carbonyl (C=O) groups is 1. The molecule has 7 heteroatoms. The minimum Gasteiger partial charge on any atom is -0.330 e. The number of hydrogen-bond donors (Lipinski definition) is 0. The van der Waals surface area contributed by atoms with E-state index in [0.717, 1.165) is 36.0 Å². The normalized spacial score (nSPS) is 18.6. The topological polar surface area (TPSA) is 57.7 Å². The van der Waals surface area contributed by atoms with Crippen molar-refractivity contribution >= 4 is 27.3 Å². The van der Waals surface area contributed by atoms with E-state index in [4.69, 9.17) is 0 Å². The van der Waals surface area contributed by atoms with Crippen molar-refractivity contribution in [1.29, 1.82) is 0 Å². The largest absolute Gasteiger partial charge is 0.330 e. The van der Waals surface area contributed by atoms with Gasteiger partial charge in [-0.15, -0.1) is 11.3 Å². The van der Waals surface area contributed by atoms with Crippen LogP contribution in [0.5, 0.6) is 0 Å². The van der Waals surface area contributed by atoms with Crippen LogP contribution in [0.1, 0.15) is 40.5 Å². The Balaban J connectivity index is 1.45. The van der Waals surface area contributed by atoms with Crippen molar-refractivity contribution in [3.05, 3.63) is 87.6 Å². The third-order valence-corrected chi connectivity index (χ3v) is 9.18. The van der Waals surface area contributed by atoms with E-state index in [1.54, 1.807) is 35.6 Å². The first kappa shape index (κ1) is 21.4. The van der Waals surface area contributed by atoms with E-state index < -0.39 is 10.0 Å². The molecule has 5 nitrogen and oxygen atoms in total. The average Bonchev–Trinajstić information content (AvgIpc) is 3.52. The van der Waals surface area contributed by atoms with E-state index in [9.17, 15) is 13.2 Å². The molecular formula is C25H26N2O3S2. The number of fused-ring (bicyclic) bond motifs is 1. The monoisotopic (exact) mass is 466 g/mol. The van der Waals surface area contributed by atoms with Gasteiger partial charge in [-0.1, -0.05) is 48.0 Å². The number of aryl methyl sites for hydroxylation is 1. The lowest BCUT2D eigenvalue weighted by molar-refractivity contribution is -0.133. The van der Waals surface area contributed by atoms with Crippen LogP contribution in [0.3, 0.4) is 0 Å². The molecule has 1 saturated carbocycles. The minimum atomic E-state index is -3.73. The van der Waals surface area contributed by atoms with E-state index in [2.05, 4.69) is 11.4 Å². The van der Waals surface area contributed by atoms with Gasteiger partial charge in [0.25, 0.3) is 0 Å². The molecule has 0 bridgehead atoms. The third kappa shape index (κ3) is 4.00. The molecular weight excluding hydrogens is 440 g/mol. The van der Waals surface area contributed by atoms with Crippen LogP contribution in [0.25, 0.3) is 0 Å². The van der Waals surface area contributed by atoms with Crippen LogP contribution in [-0.2, 0) is 21.2 Å². The van der Waals surface area contributed by atoms with E-state index in [1.165, 1.54) is 9.18 Å². The summed E-state index contributed by atoms with van der Waals surface area (Å²) >= 11 is 1.72. The lowest BCUT2D eigenvalue weighted by Crippen LogP contribution is -2.47. The second-order valence-corrected chi connectivity index (χ2v) is 11.4. The lowest BCUT2D eigenvalue weighted by Gasteiger charge is -2.37. The molecule has 3 aromatic rings. The van der Waals surface area contributed by atoms with Crippen LogP contribution >= 0.6 is 11.3 Å². The van der Waals surface area contributed by atoms with Gasteiger partial charge >= 0.3 is 0 Å². The van der Waals surface area contributed by atoms with Crippen LogP contribution in [-0.4, -0.2) is 42.7 Å². The highest BCUT2D eigenvalue weighted by atomic mass is 32.2. The Hall–Kier alpha value is -2.48. The van der Waals surface area contributed by atoms with Crippen molar-refractivity contribution in [1.82, 2.24) is 9.21 Å². The van der Waals surface area contributed by atoms with Gasteiger partial charge in [0.05, 0.1) is 17.5 Å². The molecule has 0 radical (unpaired) electrons. The van der Waals surface area contributed by atoms with Crippen molar-refractivity contribution < 1.29 is 13.2 Å². The number of rotatable bonds is 6. The van der Waals surface area contributed by atoms with Crippen LogP contribution in [0, 0.1) is 6.92 Å². The summed E-state index contributed by atoms with van der Waals surface area (Å²) in [6.45, 7) is 2.40. The summed E-state index contributed by atoms with van der Waals surface area (Å²) in [6, 6.07) is 18.7. The zero-order valence-corrected chi connectivity index (χ0v) is 19.6. The van der Waals surface area contributed by atoms with Gasteiger partial charge in [0.15, 0.2) is 0 Å². The molecule has 1 aliphatic carbocycles. The first-order valence-electron chi connectivity index (χ1n) is 10.9. The van der Waals surface area contributed by atoms with Crippen molar-refractivity contribution in [2.45, 2.75) is 43.2 Å². The number of amides is 1. The fourth-order valence-corrected chi connectivity index (χ4v) is 6.96. The standard InChI is InChI=1S/C25H26N2O3S2/c1-18-7-11-21(12-8-18)32(29,30)27(20-9-10-20)17-24(28)26-15-13-23-22(14-16-31-23)25(26)19-5-3-2-4-6-19/h2-8,11-12,14,16,20,25H,9-10,13,15,17H2,1H3. The van der Waals surface area contributed by atoms with Crippen LogP contribution in [0.4, 0.5) is 0 Å². The number of thiophene rings is 1. The van der Waals surface area contributed by atoms with E-state index in [1.807, 2.05) is 42.2 Å². The molecule has 1 aromatic heterocycles. The Morgan fingerprint density at radius 2 is 1.78 bits per heavy atom. The number of benzene rings is 2. The minimum absolute atomic E-state index is 0.0954. The molecule has 2 aromatic carbocycles. The highest BCUT2D eigenvalue weighted by Crippen LogP contribution is 2.38. The third-order valence-electron chi connectivity index (χ3n) is 6.27. The molecule has 1 amide bonds. The Morgan fingerprint density at radius 3 is 2.47 bits per heavy atom. The summed E-state index contributed by atoms with van der Waals surface area (Å²) in [5.74, 6) is -0.140. The molecule has 1 atom stereocenters. The van der Waals surface area contributed by atoms with Gasteiger partial charge < -0.3 is 4.90 Å². The molecule has 2 heterocycles. The van der Waals surface area contributed by atoms with Crippen LogP contribution < -0.4 is 0 Å². The number of carbonyl (C=O) groups excluding carboxylic acids is 1. The zero-order valence-electron chi connectivity index (χ0n) is 18.0. The molecule has 5 rings (SSSR count).